The number of anilines is 1. The molecule has 150 valence electrons. The molecular formula is C22H19N5O2S. The summed E-state index contributed by atoms with van der Waals surface area (Å²) in [6, 6.07) is 12.2. The number of benzene rings is 2. The van der Waals surface area contributed by atoms with Gasteiger partial charge >= 0.3 is 0 Å². The van der Waals surface area contributed by atoms with E-state index < -0.39 is 0 Å². The number of carbonyl (C=O) groups excluding carboxylic acids is 1. The fourth-order valence-corrected chi connectivity index (χ4v) is 4.18. The van der Waals surface area contributed by atoms with Gasteiger partial charge < -0.3 is 4.52 Å². The lowest BCUT2D eigenvalue weighted by Gasteiger charge is -2.01. The maximum Gasteiger partial charge on any atom is 0.250 e. The maximum absolute atomic E-state index is 12.6. The molecule has 0 bridgehead atoms. The first-order chi connectivity index (χ1) is 14.5. The Morgan fingerprint density at radius 3 is 2.70 bits per heavy atom. The summed E-state index contributed by atoms with van der Waals surface area (Å²) in [5, 5.41) is 14.2. The molecule has 1 amide bonds. The lowest BCUT2D eigenvalue weighted by atomic mass is 10.1. The van der Waals surface area contributed by atoms with Crippen LogP contribution in [0.3, 0.4) is 0 Å². The van der Waals surface area contributed by atoms with Crippen molar-refractivity contribution in [2.24, 2.45) is 0 Å². The van der Waals surface area contributed by atoms with Crippen LogP contribution in [0.1, 0.15) is 22.4 Å². The number of aromatic nitrogens is 4. The van der Waals surface area contributed by atoms with Crippen LogP contribution in [0.15, 0.2) is 46.3 Å². The molecule has 30 heavy (non-hydrogen) atoms. The number of hydrogen-bond donors (Lipinski definition) is 1. The van der Waals surface area contributed by atoms with Crippen molar-refractivity contribution in [3.8, 4) is 11.3 Å². The minimum atomic E-state index is -0.237. The van der Waals surface area contributed by atoms with Gasteiger partial charge in [0.05, 0.1) is 12.1 Å². The first-order valence-corrected chi connectivity index (χ1v) is 10.4. The van der Waals surface area contributed by atoms with E-state index in [0.717, 1.165) is 32.7 Å². The third kappa shape index (κ3) is 3.25. The van der Waals surface area contributed by atoms with Crippen molar-refractivity contribution >= 4 is 39.1 Å². The van der Waals surface area contributed by atoms with Crippen LogP contribution in [0.2, 0.25) is 0 Å². The molecule has 7 nitrogen and oxygen atoms in total. The van der Waals surface area contributed by atoms with Gasteiger partial charge in [0.15, 0.2) is 5.58 Å². The number of thiazole rings is 1. The van der Waals surface area contributed by atoms with E-state index in [2.05, 4.69) is 51.7 Å². The van der Waals surface area contributed by atoms with Gasteiger partial charge in [-0.25, -0.2) is 4.52 Å². The number of carbonyl (C=O) groups is 1. The average Bonchev–Trinajstić information content (AvgIpc) is 3.38. The standard InChI is InChI=1S/C22H19N5O2S/c1-12-4-6-15(7-5-12)18-11-30-22-24-21(25-27(18)22)23-20(28)10-17-16-8-13(2)14(3)9-19(16)29-26-17/h4-9,11H,10H2,1-3H3,(H,23,25,28). The molecule has 8 heteroatoms. The Hall–Kier alpha value is -3.52. The van der Waals surface area contributed by atoms with Gasteiger partial charge in [0.1, 0.15) is 5.69 Å². The van der Waals surface area contributed by atoms with Gasteiger partial charge in [-0.05, 0) is 44.0 Å². The number of hydrogen-bond acceptors (Lipinski definition) is 6. The second-order valence-corrected chi connectivity index (χ2v) is 8.24. The molecule has 5 rings (SSSR count). The summed E-state index contributed by atoms with van der Waals surface area (Å²) in [7, 11) is 0. The molecule has 0 unspecified atom stereocenters. The number of aryl methyl sites for hydroxylation is 3. The molecule has 0 saturated heterocycles. The van der Waals surface area contributed by atoms with Crippen LogP contribution in [0.25, 0.3) is 27.2 Å². The summed E-state index contributed by atoms with van der Waals surface area (Å²) in [5.74, 6) is 0.0404. The molecule has 2 aromatic carbocycles. The second kappa shape index (κ2) is 7.07. The van der Waals surface area contributed by atoms with Crippen LogP contribution in [0.4, 0.5) is 5.95 Å². The zero-order valence-corrected chi connectivity index (χ0v) is 17.6. The predicted molar refractivity (Wildman–Crippen MR) is 117 cm³/mol. The molecule has 3 heterocycles. The molecule has 3 aromatic heterocycles. The van der Waals surface area contributed by atoms with Crippen molar-refractivity contribution in [2.45, 2.75) is 27.2 Å². The normalized spacial score (nSPS) is 11.4. The van der Waals surface area contributed by atoms with Crippen molar-refractivity contribution in [3.63, 3.8) is 0 Å². The van der Waals surface area contributed by atoms with Gasteiger partial charge in [-0.15, -0.1) is 16.4 Å². The Bertz CT molecular complexity index is 1390. The van der Waals surface area contributed by atoms with Gasteiger partial charge in [-0.2, -0.15) is 4.98 Å². The molecule has 0 atom stereocenters. The molecule has 0 aliphatic carbocycles. The van der Waals surface area contributed by atoms with Crippen molar-refractivity contribution < 1.29 is 9.32 Å². The molecule has 0 fully saturated rings. The van der Waals surface area contributed by atoms with Crippen LogP contribution in [0.5, 0.6) is 0 Å². The molecule has 0 aliphatic heterocycles. The van der Waals surface area contributed by atoms with E-state index in [-0.39, 0.29) is 18.3 Å². The van der Waals surface area contributed by atoms with Gasteiger partial charge in [0.25, 0.3) is 0 Å². The fraction of sp³-hybridized carbons (Fsp3) is 0.182. The fourth-order valence-electron chi connectivity index (χ4n) is 3.35. The number of nitrogens with one attached hydrogen (secondary N) is 1. The Balaban J connectivity index is 1.38. The smallest absolute Gasteiger partial charge is 0.250 e. The largest absolute Gasteiger partial charge is 0.356 e. The minimum absolute atomic E-state index is 0.0905. The first-order valence-electron chi connectivity index (χ1n) is 9.54. The molecule has 5 aromatic rings. The molecule has 0 aliphatic rings. The highest BCUT2D eigenvalue weighted by Gasteiger charge is 2.17. The lowest BCUT2D eigenvalue weighted by molar-refractivity contribution is -0.115. The van der Waals surface area contributed by atoms with E-state index in [1.54, 1.807) is 4.52 Å². The average molecular weight is 417 g/mol. The quantitative estimate of drug-likeness (QED) is 0.458. The van der Waals surface area contributed by atoms with Crippen molar-refractivity contribution in [1.29, 1.82) is 0 Å². The van der Waals surface area contributed by atoms with E-state index in [9.17, 15) is 4.79 Å². The van der Waals surface area contributed by atoms with E-state index in [1.165, 1.54) is 16.9 Å². The SMILES string of the molecule is Cc1ccc(-c2csc3nc(NC(=O)Cc4noc5cc(C)c(C)cc45)nn23)cc1. The summed E-state index contributed by atoms with van der Waals surface area (Å²) in [5.41, 5.74) is 6.73. The van der Waals surface area contributed by atoms with Crippen LogP contribution in [0, 0.1) is 20.8 Å². The molecular weight excluding hydrogens is 398 g/mol. The number of nitrogens with zero attached hydrogens (tertiary/aromatic N) is 4. The van der Waals surface area contributed by atoms with Crippen LogP contribution in [-0.2, 0) is 11.2 Å². The van der Waals surface area contributed by atoms with Crippen LogP contribution in [-0.4, -0.2) is 25.7 Å². The minimum Gasteiger partial charge on any atom is -0.356 e. The molecule has 0 radical (unpaired) electrons. The highest BCUT2D eigenvalue weighted by molar-refractivity contribution is 7.15. The Morgan fingerprint density at radius 1 is 1.13 bits per heavy atom. The van der Waals surface area contributed by atoms with E-state index in [4.69, 9.17) is 4.52 Å². The van der Waals surface area contributed by atoms with Crippen molar-refractivity contribution in [3.05, 3.63) is 64.2 Å². The molecule has 0 saturated carbocycles. The number of rotatable bonds is 4. The third-order valence-electron chi connectivity index (χ3n) is 5.17. The summed E-state index contributed by atoms with van der Waals surface area (Å²) in [4.78, 5) is 17.7. The van der Waals surface area contributed by atoms with E-state index >= 15 is 0 Å². The number of fused-ring (bicyclic) bond motifs is 2. The van der Waals surface area contributed by atoms with Gasteiger partial charge in [0.2, 0.25) is 16.8 Å². The Kier molecular flexibility index (Phi) is 4.36. The summed E-state index contributed by atoms with van der Waals surface area (Å²) in [6.45, 7) is 6.10. The molecule has 0 spiro atoms. The van der Waals surface area contributed by atoms with E-state index in [1.807, 2.05) is 31.4 Å². The van der Waals surface area contributed by atoms with Crippen molar-refractivity contribution in [2.75, 3.05) is 5.32 Å². The Morgan fingerprint density at radius 2 is 1.90 bits per heavy atom. The highest BCUT2D eigenvalue weighted by Crippen LogP contribution is 2.26. The lowest BCUT2D eigenvalue weighted by Crippen LogP contribution is -2.15. The van der Waals surface area contributed by atoms with Crippen LogP contribution >= 0.6 is 11.3 Å². The van der Waals surface area contributed by atoms with Crippen molar-refractivity contribution in [1.82, 2.24) is 19.8 Å². The zero-order chi connectivity index (χ0) is 20.8. The monoisotopic (exact) mass is 417 g/mol. The second-order valence-electron chi connectivity index (χ2n) is 7.40. The van der Waals surface area contributed by atoms with Gasteiger partial charge in [-0.3, -0.25) is 10.1 Å². The first kappa shape index (κ1) is 18.5. The van der Waals surface area contributed by atoms with Gasteiger partial charge in [0, 0.05) is 16.3 Å². The zero-order valence-electron chi connectivity index (χ0n) is 16.8. The number of amides is 1. The molecule has 1 N–H and O–H groups in total. The van der Waals surface area contributed by atoms with Gasteiger partial charge in [-0.1, -0.05) is 35.0 Å². The van der Waals surface area contributed by atoms with E-state index in [0.29, 0.717) is 11.3 Å². The topological polar surface area (TPSA) is 85.3 Å². The van der Waals surface area contributed by atoms with Crippen LogP contribution < -0.4 is 5.32 Å². The predicted octanol–water partition coefficient (Wildman–Crippen LogP) is 4.71. The summed E-state index contributed by atoms with van der Waals surface area (Å²) < 4.78 is 7.13. The summed E-state index contributed by atoms with van der Waals surface area (Å²) in [6.07, 6.45) is 0.0905. The highest BCUT2D eigenvalue weighted by atomic mass is 32.1. The third-order valence-corrected chi connectivity index (χ3v) is 5.99. The summed E-state index contributed by atoms with van der Waals surface area (Å²) >= 11 is 1.48. The Labute approximate surface area is 176 Å². The maximum atomic E-state index is 12.6.